The quantitative estimate of drug-likeness (QED) is 0.413. The second kappa shape index (κ2) is 8.94. The summed E-state index contributed by atoms with van der Waals surface area (Å²) in [5, 5.41) is 11.3. The molecule has 2 aliphatic rings. The average molecular weight is 471 g/mol. The summed E-state index contributed by atoms with van der Waals surface area (Å²) in [4.78, 5) is 28.4. The van der Waals surface area contributed by atoms with Crippen molar-refractivity contribution in [2.45, 2.75) is 50.7 Å². The molecular weight excluding hydrogens is 443 g/mol. The van der Waals surface area contributed by atoms with E-state index in [1.807, 2.05) is 28.8 Å². The first-order chi connectivity index (χ1) is 16.3. The van der Waals surface area contributed by atoms with Crippen molar-refractivity contribution in [3.05, 3.63) is 74.4 Å². The molecule has 2 aromatic carbocycles. The molecule has 0 aliphatic carbocycles. The molecule has 3 aromatic rings. The van der Waals surface area contributed by atoms with Gasteiger partial charge in [-0.25, -0.2) is 9.18 Å². The minimum atomic E-state index is -1.24. The Balaban J connectivity index is 1.10. The Labute approximate surface area is 195 Å². The Hall–Kier alpha value is -3.08. The predicted octanol–water partition coefficient (Wildman–Crippen LogP) is 4.04. The van der Waals surface area contributed by atoms with Crippen LogP contribution in [0.2, 0.25) is 0 Å². The molecule has 0 atom stereocenters. The van der Waals surface area contributed by atoms with Crippen LogP contribution in [0.1, 0.15) is 44.2 Å². The summed E-state index contributed by atoms with van der Waals surface area (Å²) >= 11 is 0. The largest absolute Gasteiger partial charge is 0.326 e. The second-order valence-electron chi connectivity index (χ2n) is 9.06. The van der Waals surface area contributed by atoms with E-state index in [9.17, 15) is 19.3 Å². The molecule has 1 N–H and O–H groups in total. The van der Waals surface area contributed by atoms with E-state index >= 15 is 0 Å². The van der Waals surface area contributed by atoms with Gasteiger partial charge in [0.2, 0.25) is 5.79 Å². The number of H-pyrrole nitrogens is 1. The van der Waals surface area contributed by atoms with Gasteiger partial charge in [-0.05, 0) is 63.4 Å². The van der Waals surface area contributed by atoms with Crippen molar-refractivity contribution in [2.24, 2.45) is 0 Å². The Morgan fingerprint density at radius 1 is 1.21 bits per heavy atom. The lowest BCUT2D eigenvalue weighted by Gasteiger charge is -2.45. The third-order valence-electron chi connectivity index (χ3n) is 6.82. The van der Waals surface area contributed by atoms with E-state index < -0.39 is 22.8 Å². The third-order valence-corrected chi connectivity index (χ3v) is 6.82. The van der Waals surface area contributed by atoms with Gasteiger partial charge in [-0.2, -0.15) is 0 Å². The lowest BCUT2D eigenvalue weighted by Crippen LogP contribution is -2.49. The molecule has 1 aromatic heterocycles. The first-order valence-electron chi connectivity index (χ1n) is 11.6. The number of likely N-dealkylation sites (tertiary alicyclic amines) is 1. The number of nitrogens with zero attached hydrogens (tertiary/aromatic N) is 3. The van der Waals surface area contributed by atoms with E-state index in [2.05, 4.69) is 9.88 Å². The fraction of sp³-hybridized carbons (Fsp3) is 0.458. The minimum Gasteiger partial charge on any atom is -0.316 e. The Morgan fingerprint density at radius 3 is 2.68 bits per heavy atom. The molecular formula is C24H27FN4O5. The number of aromatic amines is 1. The number of nitrogens with one attached hydrogen (secondary N) is 1. The third kappa shape index (κ3) is 4.24. The number of nitro groups is 1. The lowest BCUT2D eigenvalue weighted by molar-refractivity contribution is -0.461. The number of fused-ring (bicyclic) bond motifs is 1. The number of nitro benzene ring substituents is 1. The van der Waals surface area contributed by atoms with Crippen molar-refractivity contribution >= 4 is 16.7 Å². The van der Waals surface area contributed by atoms with Crippen LogP contribution < -0.4 is 5.69 Å². The Bertz CT molecular complexity index is 1260. The number of para-hydroxylation sites is 2. The summed E-state index contributed by atoms with van der Waals surface area (Å²) in [7, 11) is 0. The molecule has 2 aliphatic heterocycles. The lowest BCUT2D eigenvalue weighted by atomic mass is 10.0. The maximum atomic E-state index is 13.4. The number of piperidine rings is 1. The van der Waals surface area contributed by atoms with E-state index in [0.717, 1.165) is 56.0 Å². The van der Waals surface area contributed by atoms with Crippen LogP contribution >= 0.6 is 0 Å². The van der Waals surface area contributed by atoms with E-state index in [1.54, 1.807) is 6.92 Å². The summed E-state index contributed by atoms with van der Waals surface area (Å²) in [5.41, 5.74) is 1.63. The highest BCUT2D eigenvalue weighted by atomic mass is 19.1. The van der Waals surface area contributed by atoms with Gasteiger partial charge in [-0.15, -0.1) is 0 Å². The molecule has 3 heterocycles. The van der Waals surface area contributed by atoms with Gasteiger partial charge in [0.1, 0.15) is 5.82 Å². The number of halogens is 1. The molecule has 5 rings (SSSR count). The number of hydrogen-bond donors (Lipinski definition) is 1. The minimum absolute atomic E-state index is 0.0524. The zero-order chi connectivity index (χ0) is 23.9. The van der Waals surface area contributed by atoms with Gasteiger partial charge in [0.05, 0.1) is 27.6 Å². The molecule has 2 saturated heterocycles. The first-order valence-corrected chi connectivity index (χ1v) is 11.6. The standard InChI is InChI=1S/C24H27FN4O5/c1-24(18-9-8-16(25)15-21(18)29(31)32)33-22(34-24)7-4-12-27-13-10-17(11-14-27)28-20-6-3-2-5-19(20)26-23(28)30/h2-3,5-6,8-9,15,17,22H,4,7,10-14H2,1H3,(H,26,30). The van der Waals surface area contributed by atoms with Crippen LogP contribution in [0.4, 0.5) is 10.1 Å². The zero-order valence-electron chi connectivity index (χ0n) is 18.9. The zero-order valence-corrected chi connectivity index (χ0v) is 18.9. The van der Waals surface area contributed by atoms with Crippen LogP contribution in [0.3, 0.4) is 0 Å². The number of ether oxygens (including phenoxy) is 2. The van der Waals surface area contributed by atoms with E-state index in [4.69, 9.17) is 9.47 Å². The molecule has 2 fully saturated rings. The highest BCUT2D eigenvalue weighted by Gasteiger charge is 2.47. The molecule has 0 amide bonds. The topological polar surface area (TPSA) is 103 Å². The van der Waals surface area contributed by atoms with Gasteiger partial charge in [0, 0.05) is 19.1 Å². The monoisotopic (exact) mass is 470 g/mol. The molecule has 9 nitrogen and oxygen atoms in total. The number of aromatic nitrogens is 2. The molecule has 0 saturated carbocycles. The van der Waals surface area contributed by atoms with Gasteiger partial charge >= 0.3 is 5.69 Å². The fourth-order valence-corrected chi connectivity index (χ4v) is 5.11. The molecule has 0 unspecified atom stereocenters. The molecule has 10 heteroatoms. The normalized spacial score (nSPS) is 23.8. The predicted molar refractivity (Wildman–Crippen MR) is 123 cm³/mol. The summed E-state index contributed by atoms with van der Waals surface area (Å²) in [5.74, 6) is -1.92. The Morgan fingerprint density at radius 2 is 1.94 bits per heavy atom. The average Bonchev–Trinajstić information content (AvgIpc) is 3.13. The van der Waals surface area contributed by atoms with E-state index in [0.29, 0.717) is 6.42 Å². The highest BCUT2D eigenvalue weighted by molar-refractivity contribution is 5.75. The van der Waals surface area contributed by atoms with Gasteiger partial charge < -0.3 is 19.4 Å². The molecule has 180 valence electrons. The summed E-state index contributed by atoms with van der Waals surface area (Å²) in [6.07, 6.45) is 2.88. The van der Waals surface area contributed by atoms with E-state index in [1.165, 1.54) is 12.1 Å². The highest BCUT2D eigenvalue weighted by Crippen LogP contribution is 2.44. The first kappa shape index (κ1) is 22.7. The van der Waals surface area contributed by atoms with Crippen molar-refractivity contribution in [1.29, 1.82) is 0 Å². The van der Waals surface area contributed by atoms with Crippen LogP contribution in [0.5, 0.6) is 0 Å². The summed E-state index contributed by atoms with van der Waals surface area (Å²) in [6, 6.07) is 11.3. The summed E-state index contributed by atoms with van der Waals surface area (Å²) in [6.45, 7) is 4.30. The van der Waals surface area contributed by atoms with Crippen molar-refractivity contribution in [3.8, 4) is 0 Å². The summed E-state index contributed by atoms with van der Waals surface area (Å²) < 4.78 is 27.0. The van der Waals surface area contributed by atoms with Crippen LogP contribution in [0.25, 0.3) is 11.0 Å². The molecule has 0 spiro atoms. The number of hydrogen-bond acceptors (Lipinski definition) is 6. The molecule has 0 bridgehead atoms. The van der Waals surface area contributed by atoms with Gasteiger partial charge in [-0.1, -0.05) is 12.1 Å². The smallest absolute Gasteiger partial charge is 0.316 e. The maximum Gasteiger partial charge on any atom is 0.326 e. The maximum absolute atomic E-state index is 13.4. The molecule has 34 heavy (non-hydrogen) atoms. The number of rotatable bonds is 7. The van der Waals surface area contributed by atoms with Crippen molar-refractivity contribution in [3.63, 3.8) is 0 Å². The second-order valence-corrected chi connectivity index (χ2v) is 9.06. The molecule has 0 radical (unpaired) electrons. The number of imidazole rings is 1. The Kier molecular flexibility index (Phi) is 5.97. The number of benzene rings is 2. The van der Waals surface area contributed by atoms with Crippen LogP contribution in [0.15, 0.2) is 47.3 Å². The van der Waals surface area contributed by atoms with Crippen LogP contribution in [-0.2, 0) is 15.3 Å². The van der Waals surface area contributed by atoms with Gasteiger partial charge in [0.15, 0.2) is 6.29 Å². The van der Waals surface area contributed by atoms with Gasteiger partial charge in [-0.3, -0.25) is 14.7 Å². The fourth-order valence-electron chi connectivity index (χ4n) is 5.11. The van der Waals surface area contributed by atoms with Crippen molar-refractivity contribution in [1.82, 2.24) is 14.5 Å². The van der Waals surface area contributed by atoms with Crippen LogP contribution in [0, 0.1) is 15.9 Å². The van der Waals surface area contributed by atoms with Crippen molar-refractivity contribution in [2.75, 3.05) is 19.6 Å². The van der Waals surface area contributed by atoms with E-state index in [-0.39, 0.29) is 23.0 Å². The SMILES string of the molecule is CC1(c2ccc(F)cc2[N+](=O)[O-])OC(CCCN2CCC(n3c(=O)[nH]c4ccccc43)CC2)O1. The van der Waals surface area contributed by atoms with Crippen molar-refractivity contribution < 1.29 is 18.8 Å². The van der Waals surface area contributed by atoms with Crippen LogP contribution in [-0.4, -0.2) is 45.3 Å². The van der Waals surface area contributed by atoms with Gasteiger partial charge in [0.25, 0.3) is 5.69 Å².